The number of hydrogen-bond donors (Lipinski definition) is 0. The van der Waals surface area contributed by atoms with E-state index >= 15 is 0 Å². The Kier molecular flexibility index (Phi) is 5.73. The predicted octanol–water partition coefficient (Wildman–Crippen LogP) is 3.33. The van der Waals surface area contributed by atoms with E-state index in [-0.39, 0.29) is 36.3 Å². The lowest BCUT2D eigenvalue weighted by atomic mass is 9.72. The van der Waals surface area contributed by atoms with E-state index in [2.05, 4.69) is 0 Å². The third-order valence-corrected chi connectivity index (χ3v) is 5.42. The van der Waals surface area contributed by atoms with Gasteiger partial charge in [-0.05, 0) is 44.7 Å². The molecule has 7 heteroatoms. The van der Waals surface area contributed by atoms with Crippen LogP contribution in [0.3, 0.4) is 0 Å². The minimum atomic E-state index is -1.22. The molecule has 0 radical (unpaired) electrons. The number of nitro groups is 1. The van der Waals surface area contributed by atoms with Crippen LogP contribution in [0.1, 0.15) is 71.6 Å². The summed E-state index contributed by atoms with van der Waals surface area (Å²) in [4.78, 5) is 60.0. The van der Waals surface area contributed by atoms with Gasteiger partial charge in [0.1, 0.15) is 5.92 Å². The maximum atomic E-state index is 12.5. The quantitative estimate of drug-likeness (QED) is 0.339. The first-order valence-corrected chi connectivity index (χ1v) is 8.89. The first-order valence-electron chi connectivity index (χ1n) is 8.89. The highest BCUT2D eigenvalue weighted by Crippen LogP contribution is 2.41. The summed E-state index contributed by atoms with van der Waals surface area (Å²) in [5.41, 5.74) is 1.82. The van der Waals surface area contributed by atoms with Gasteiger partial charge >= 0.3 is 0 Å². The van der Waals surface area contributed by atoms with Gasteiger partial charge in [-0.15, -0.1) is 0 Å². The van der Waals surface area contributed by atoms with Gasteiger partial charge in [0.05, 0.1) is 4.92 Å². The van der Waals surface area contributed by atoms with Gasteiger partial charge in [0.2, 0.25) is 0 Å². The number of nitro benzene ring substituents is 1. The van der Waals surface area contributed by atoms with Crippen LogP contribution in [-0.4, -0.2) is 28.1 Å². The molecule has 1 aromatic rings. The first-order chi connectivity index (χ1) is 12.5. The van der Waals surface area contributed by atoms with Crippen molar-refractivity contribution in [2.45, 2.75) is 59.8 Å². The zero-order valence-corrected chi connectivity index (χ0v) is 16.2. The monoisotopic (exact) mass is 373 g/mol. The smallest absolute Gasteiger partial charge is 0.276 e. The number of rotatable bonds is 5. The molecule has 1 aliphatic rings. The van der Waals surface area contributed by atoms with Crippen molar-refractivity contribution >= 4 is 28.8 Å². The Morgan fingerprint density at radius 2 is 1.56 bits per heavy atom. The Balaban J connectivity index is 2.65. The Bertz CT molecular complexity index is 824. The van der Waals surface area contributed by atoms with E-state index in [1.165, 1.54) is 13.8 Å². The molecule has 1 saturated carbocycles. The molecule has 0 unspecified atom stereocenters. The number of carbonyl (C=O) groups excluding carboxylic acids is 4. The van der Waals surface area contributed by atoms with Crippen molar-refractivity contribution in [3.8, 4) is 0 Å². The fourth-order valence-electron chi connectivity index (χ4n) is 4.38. The van der Waals surface area contributed by atoms with Gasteiger partial charge in [0.25, 0.3) is 5.69 Å². The Morgan fingerprint density at radius 3 is 1.96 bits per heavy atom. The lowest BCUT2D eigenvalue weighted by Gasteiger charge is -2.29. The molecule has 0 N–H and O–H groups in total. The normalized spacial score (nSPS) is 19.9. The third-order valence-electron chi connectivity index (χ3n) is 5.42. The molecule has 0 saturated heterocycles. The van der Waals surface area contributed by atoms with Gasteiger partial charge in [-0.2, -0.15) is 0 Å². The van der Waals surface area contributed by atoms with E-state index in [4.69, 9.17) is 0 Å². The van der Waals surface area contributed by atoms with Crippen LogP contribution in [-0.2, 0) is 14.4 Å². The first kappa shape index (κ1) is 20.6. The van der Waals surface area contributed by atoms with E-state index < -0.39 is 34.1 Å². The maximum Gasteiger partial charge on any atom is 0.276 e. The minimum Gasteiger partial charge on any atom is -0.298 e. The molecule has 0 aromatic heterocycles. The molecule has 1 aliphatic carbocycles. The third kappa shape index (κ3) is 3.46. The van der Waals surface area contributed by atoms with E-state index in [1.54, 1.807) is 20.8 Å². The van der Waals surface area contributed by atoms with Crippen LogP contribution in [0.4, 0.5) is 5.69 Å². The van der Waals surface area contributed by atoms with Crippen LogP contribution >= 0.6 is 0 Å². The van der Waals surface area contributed by atoms with Crippen molar-refractivity contribution in [3.63, 3.8) is 0 Å². The fraction of sp³-hybridized carbons (Fsp3) is 0.500. The second kappa shape index (κ2) is 7.50. The van der Waals surface area contributed by atoms with Crippen molar-refractivity contribution < 1.29 is 24.1 Å². The van der Waals surface area contributed by atoms with Crippen LogP contribution in [0, 0.1) is 36.8 Å². The van der Waals surface area contributed by atoms with Crippen LogP contribution in [0.2, 0.25) is 0 Å². The summed E-state index contributed by atoms with van der Waals surface area (Å²) in [5.74, 6) is -3.38. The summed E-state index contributed by atoms with van der Waals surface area (Å²) < 4.78 is 0. The molecule has 0 aliphatic heterocycles. The molecule has 0 spiro atoms. The zero-order valence-electron chi connectivity index (χ0n) is 16.2. The second-order valence-corrected chi connectivity index (χ2v) is 7.12. The highest BCUT2D eigenvalue weighted by molar-refractivity contribution is 6.21. The Labute approximate surface area is 157 Å². The average molecular weight is 373 g/mol. The van der Waals surface area contributed by atoms with Gasteiger partial charge in [-0.1, -0.05) is 6.92 Å². The maximum absolute atomic E-state index is 12.5. The molecule has 7 nitrogen and oxygen atoms in total. The number of Topliss-reactive ketones (excluding diaryl/α,β-unsaturated/α-hetero) is 4. The molecule has 0 amide bonds. The van der Waals surface area contributed by atoms with E-state index in [1.807, 2.05) is 0 Å². The Hall–Kier alpha value is -2.70. The molecule has 1 fully saturated rings. The van der Waals surface area contributed by atoms with Crippen molar-refractivity contribution in [2.24, 2.45) is 5.92 Å². The lowest BCUT2D eigenvalue weighted by molar-refractivity contribution is -0.386. The molecule has 2 rings (SSSR count). The summed E-state index contributed by atoms with van der Waals surface area (Å²) in [5, 5.41) is 11.6. The van der Waals surface area contributed by atoms with Crippen LogP contribution in [0.5, 0.6) is 0 Å². The summed E-state index contributed by atoms with van der Waals surface area (Å²) in [6.45, 7) is 7.74. The molecular formula is C20H23NO6. The summed E-state index contributed by atoms with van der Waals surface area (Å²) in [7, 11) is 0. The molecular weight excluding hydrogens is 350 g/mol. The number of carbonyl (C=O) groups is 4. The zero-order chi connectivity index (χ0) is 20.6. The van der Waals surface area contributed by atoms with E-state index in [0.717, 1.165) is 0 Å². The highest BCUT2D eigenvalue weighted by Gasteiger charge is 2.41. The standard InChI is InChI=1S/C20H23NO6/c1-6-14(23)19-15(24)7-13(8-16(19)25)18-9(2)17(12(5)22)10(3)20(11(18)4)21(26)27/h13,19H,6-8H2,1-5H3. The summed E-state index contributed by atoms with van der Waals surface area (Å²) in [6.07, 6.45) is 0.0259. The molecule has 1 aromatic carbocycles. The number of benzene rings is 1. The highest BCUT2D eigenvalue weighted by atomic mass is 16.6. The summed E-state index contributed by atoms with van der Waals surface area (Å²) in [6, 6.07) is 0. The molecule has 0 heterocycles. The van der Waals surface area contributed by atoms with Crippen molar-refractivity contribution in [1.29, 1.82) is 0 Å². The number of nitrogens with zero attached hydrogens (tertiary/aromatic N) is 1. The SMILES string of the molecule is CCC(=O)C1C(=O)CC(c2c(C)c(C(C)=O)c(C)c([N+](=O)[O-])c2C)CC1=O. The Morgan fingerprint density at radius 1 is 1.04 bits per heavy atom. The predicted molar refractivity (Wildman–Crippen MR) is 98.1 cm³/mol. The lowest BCUT2D eigenvalue weighted by Crippen LogP contribution is -2.38. The van der Waals surface area contributed by atoms with Crippen LogP contribution in [0.15, 0.2) is 0 Å². The minimum absolute atomic E-state index is 0.0403. The molecule has 144 valence electrons. The van der Waals surface area contributed by atoms with Gasteiger partial charge in [0, 0.05) is 36.0 Å². The van der Waals surface area contributed by atoms with Crippen LogP contribution in [0.25, 0.3) is 0 Å². The average Bonchev–Trinajstić information content (AvgIpc) is 2.52. The number of ketones is 4. The van der Waals surface area contributed by atoms with Gasteiger partial charge in [-0.25, -0.2) is 0 Å². The molecule has 0 bridgehead atoms. The second-order valence-electron chi connectivity index (χ2n) is 7.12. The van der Waals surface area contributed by atoms with Crippen molar-refractivity contribution in [3.05, 3.63) is 37.9 Å². The molecule has 27 heavy (non-hydrogen) atoms. The largest absolute Gasteiger partial charge is 0.298 e. The van der Waals surface area contributed by atoms with E-state index in [0.29, 0.717) is 22.3 Å². The van der Waals surface area contributed by atoms with E-state index in [9.17, 15) is 29.3 Å². The van der Waals surface area contributed by atoms with Crippen LogP contribution < -0.4 is 0 Å². The van der Waals surface area contributed by atoms with Gasteiger partial charge < -0.3 is 0 Å². The van der Waals surface area contributed by atoms with Gasteiger partial charge in [0.15, 0.2) is 23.1 Å². The molecule has 0 atom stereocenters. The van der Waals surface area contributed by atoms with Crippen molar-refractivity contribution in [2.75, 3.05) is 0 Å². The van der Waals surface area contributed by atoms with Gasteiger partial charge in [-0.3, -0.25) is 29.3 Å². The number of hydrogen-bond acceptors (Lipinski definition) is 6. The fourth-order valence-corrected chi connectivity index (χ4v) is 4.38. The van der Waals surface area contributed by atoms with Crippen molar-refractivity contribution in [1.82, 2.24) is 0 Å². The topological polar surface area (TPSA) is 111 Å². The summed E-state index contributed by atoms with van der Waals surface area (Å²) >= 11 is 0.